The summed E-state index contributed by atoms with van der Waals surface area (Å²) >= 11 is 0. The summed E-state index contributed by atoms with van der Waals surface area (Å²) in [7, 11) is 4.22. The van der Waals surface area contributed by atoms with Crippen LogP contribution in [0.25, 0.3) is 10.9 Å². The molecule has 0 atom stereocenters. The Balaban J connectivity index is 0.000000270. The van der Waals surface area contributed by atoms with Crippen LogP contribution >= 0.6 is 12.4 Å². The molecule has 25 heavy (non-hydrogen) atoms. The maximum Gasteiger partial charge on any atom is 0.0485 e. The molecule has 2 aromatic carbocycles. The van der Waals surface area contributed by atoms with Gasteiger partial charge in [0.25, 0.3) is 0 Å². The number of nitrogens with two attached hydrogens (primary N) is 1. The molecule has 4 nitrogen and oxygen atoms in total. The Labute approximate surface area is 156 Å². The van der Waals surface area contributed by atoms with Crippen molar-refractivity contribution in [1.82, 2.24) is 9.88 Å². The van der Waals surface area contributed by atoms with Gasteiger partial charge < -0.3 is 15.3 Å². The van der Waals surface area contributed by atoms with Gasteiger partial charge in [-0.2, -0.15) is 0 Å². The van der Waals surface area contributed by atoms with Crippen molar-refractivity contribution in [3.8, 4) is 0 Å². The van der Waals surface area contributed by atoms with E-state index < -0.39 is 0 Å². The third-order valence-corrected chi connectivity index (χ3v) is 3.97. The first-order chi connectivity index (χ1) is 11.5. The van der Waals surface area contributed by atoms with E-state index in [0.29, 0.717) is 0 Å². The van der Waals surface area contributed by atoms with Crippen molar-refractivity contribution in [1.29, 1.82) is 0 Å². The minimum atomic E-state index is 0. The highest BCUT2D eigenvalue weighted by atomic mass is 35.5. The Bertz CT molecular complexity index is 763. The Kier molecular flexibility index (Phi) is 8.49. The summed E-state index contributed by atoms with van der Waals surface area (Å²) in [4.78, 5) is 5.54. The van der Waals surface area contributed by atoms with Crippen LogP contribution in [-0.2, 0) is 6.42 Å². The molecular weight excluding hydrogens is 332 g/mol. The fourth-order valence-corrected chi connectivity index (χ4v) is 2.49. The lowest BCUT2D eigenvalue weighted by Crippen LogP contribution is -2.14. The van der Waals surface area contributed by atoms with Gasteiger partial charge in [-0.05, 0) is 64.2 Å². The van der Waals surface area contributed by atoms with Gasteiger partial charge in [0.2, 0.25) is 0 Å². The highest BCUT2D eigenvalue weighted by Gasteiger charge is 2.03. The third kappa shape index (κ3) is 6.42. The van der Waals surface area contributed by atoms with E-state index in [1.165, 1.54) is 27.6 Å². The van der Waals surface area contributed by atoms with E-state index in [1.54, 1.807) is 0 Å². The van der Waals surface area contributed by atoms with E-state index >= 15 is 0 Å². The first kappa shape index (κ1) is 21.0. The Hall–Kier alpha value is -2.01. The monoisotopic (exact) mass is 360 g/mol. The predicted molar refractivity (Wildman–Crippen MR) is 112 cm³/mol. The number of H-pyrrole nitrogens is 1. The molecule has 0 saturated heterocycles. The molecule has 0 aliphatic rings. The maximum atomic E-state index is 5.15. The zero-order valence-electron chi connectivity index (χ0n) is 15.5. The Morgan fingerprint density at radius 2 is 1.64 bits per heavy atom. The molecule has 0 saturated carbocycles. The average Bonchev–Trinajstić information content (AvgIpc) is 2.96. The number of aromatic amines is 1. The van der Waals surface area contributed by atoms with Gasteiger partial charge in [-0.15, -0.1) is 12.4 Å². The van der Waals surface area contributed by atoms with Crippen molar-refractivity contribution in [2.75, 3.05) is 26.1 Å². The van der Waals surface area contributed by atoms with E-state index in [9.17, 15) is 0 Å². The van der Waals surface area contributed by atoms with Gasteiger partial charge in [-0.3, -0.25) is 5.84 Å². The number of hydrazine groups is 1. The largest absolute Gasteiger partial charge is 0.361 e. The molecule has 3 aromatic rings. The number of aryl methyl sites for hydroxylation is 2. The van der Waals surface area contributed by atoms with E-state index in [1.807, 2.05) is 31.2 Å². The Morgan fingerprint density at radius 1 is 1.00 bits per heavy atom. The Morgan fingerprint density at radius 3 is 2.24 bits per heavy atom. The molecule has 136 valence electrons. The number of hydrogen-bond donors (Lipinski definition) is 3. The minimum absolute atomic E-state index is 0. The minimum Gasteiger partial charge on any atom is -0.361 e. The van der Waals surface area contributed by atoms with Crippen molar-refractivity contribution in [2.45, 2.75) is 20.3 Å². The van der Waals surface area contributed by atoms with Gasteiger partial charge in [0, 0.05) is 29.3 Å². The first-order valence-corrected chi connectivity index (χ1v) is 8.24. The summed E-state index contributed by atoms with van der Waals surface area (Å²) in [6, 6.07) is 14.5. The first-order valence-electron chi connectivity index (χ1n) is 8.24. The number of fused-ring (bicyclic) bond motifs is 1. The summed E-state index contributed by atoms with van der Waals surface area (Å²) in [5, 5.41) is 1.37. The molecule has 0 fully saturated rings. The molecule has 1 aromatic heterocycles. The zero-order chi connectivity index (χ0) is 17.5. The van der Waals surface area contributed by atoms with Crippen LogP contribution in [0.5, 0.6) is 0 Å². The van der Waals surface area contributed by atoms with E-state index in [4.69, 9.17) is 5.84 Å². The van der Waals surface area contributed by atoms with Crippen LogP contribution in [-0.4, -0.2) is 30.5 Å². The van der Waals surface area contributed by atoms with E-state index in [-0.39, 0.29) is 12.4 Å². The number of likely N-dealkylation sites (N-methyl/N-ethyl adjacent to an activating group) is 1. The number of aromatic nitrogens is 1. The van der Waals surface area contributed by atoms with Crippen molar-refractivity contribution in [3.63, 3.8) is 0 Å². The molecule has 0 aliphatic heterocycles. The molecule has 3 rings (SSSR count). The highest BCUT2D eigenvalue weighted by Crippen LogP contribution is 2.20. The standard InChI is InChI=1S/C13H18N2.C7H10N2.ClH/c1-10-4-5-13-12(8-10)11(9-14-13)6-7-15(2)3;1-6-2-4-7(9-8)5-3-6;/h4-5,8-9,14H,6-7H2,1-3H3;2-5,9H,8H2,1H3;1H. The topological polar surface area (TPSA) is 57.1 Å². The van der Waals surface area contributed by atoms with Crippen molar-refractivity contribution >= 4 is 29.0 Å². The van der Waals surface area contributed by atoms with Crippen LogP contribution < -0.4 is 11.3 Å². The normalized spacial score (nSPS) is 10.2. The van der Waals surface area contributed by atoms with Crippen LogP contribution in [0.4, 0.5) is 5.69 Å². The molecule has 0 bridgehead atoms. The molecular formula is C20H29ClN4. The smallest absolute Gasteiger partial charge is 0.0485 e. The second-order valence-corrected chi connectivity index (χ2v) is 6.43. The van der Waals surface area contributed by atoms with Gasteiger partial charge in [0.15, 0.2) is 0 Å². The molecule has 0 radical (unpaired) electrons. The zero-order valence-corrected chi connectivity index (χ0v) is 16.3. The molecule has 0 aliphatic carbocycles. The van der Waals surface area contributed by atoms with E-state index in [2.05, 4.69) is 60.7 Å². The average molecular weight is 361 g/mol. The molecule has 0 spiro atoms. The molecule has 4 N–H and O–H groups in total. The number of anilines is 1. The fraction of sp³-hybridized carbons (Fsp3) is 0.300. The van der Waals surface area contributed by atoms with Gasteiger partial charge in [-0.1, -0.05) is 29.3 Å². The van der Waals surface area contributed by atoms with Gasteiger partial charge in [0.1, 0.15) is 0 Å². The quantitative estimate of drug-likeness (QED) is 0.480. The number of benzene rings is 2. The summed E-state index contributed by atoms with van der Waals surface area (Å²) in [6.07, 6.45) is 3.24. The lowest BCUT2D eigenvalue weighted by Gasteiger charge is -2.08. The summed E-state index contributed by atoms with van der Waals surface area (Å²) in [5.41, 5.74) is 8.73. The maximum absolute atomic E-state index is 5.15. The van der Waals surface area contributed by atoms with Crippen LogP contribution in [0, 0.1) is 13.8 Å². The van der Waals surface area contributed by atoms with Gasteiger partial charge in [0.05, 0.1) is 0 Å². The fourth-order valence-electron chi connectivity index (χ4n) is 2.49. The van der Waals surface area contributed by atoms with Crippen molar-refractivity contribution in [3.05, 3.63) is 65.4 Å². The van der Waals surface area contributed by atoms with Crippen LogP contribution in [0.15, 0.2) is 48.7 Å². The third-order valence-electron chi connectivity index (χ3n) is 3.97. The molecule has 1 heterocycles. The van der Waals surface area contributed by atoms with Gasteiger partial charge >= 0.3 is 0 Å². The van der Waals surface area contributed by atoms with Crippen LogP contribution in [0.3, 0.4) is 0 Å². The number of rotatable bonds is 4. The predicted octanol–water partition coefficient (Wildman–Crippen LogP) is 4.28. The van der Waals surface area contributed by atoms with Crippen LogP contribution in [0.1, 0.15) is 16.7 Å². The molecule has 5 heteroatoms. The number of nitrogen functional groups attached to an aromatic ring is 1. The van der Waals surface area contributed by atoms with Crippen molar-refractivity contribution < 1.29 is 0 Å². The highest BCUT2D eigenvalue weighted by molar-refractivity contribution is 5.85. The van der Waals surface area contributed by atoms with Crippen LogP contribution in [0.2, 0.25) is 0 Å². The molecule has 0 unspecified atom stereocenters. The lowest BCUT2D eigenvalue weighted by molar-refractivity contribution is 0.414. The number of nitrogens with one attached hydrogen (secondary N) is 2. The second-order valence-electron chi connectivity index (χ2n) is 6.43. The number of hydrogen-bond acceptors (Lipinski definition) is 3. The summed E-state index contributed by atoms with van der Waals surface area (Å²) in [6.45, 7) is 5.28. The van der Waals surface area contributed by atoms with E-state index in [0.717, 1.165) is 18.7 Å². The van der Waals surface area contributed by atoms with Crippen molar-refractivity contribution in [2.24, 2.45) is 5.84 Å². The molecule has 0 amide bonds. The van der Waals surface area contributed by atoms with Gasteiger partial charge in [-0.25, -0.2) is 0 Å². The number of halogens is 1. The summed E-state index contributed by atoms with van der Waals surface area (Å²) < 4.78 is 0. The second kappa shape index (κ2) is 10.1. The number of nitrogens with zero attached hydrogens (tertiary/aromatic N) is 1. The summed E-state index contributed by atoms with van der Waals surface area (Å²) in [5.74, 6) is 5.15. The lowest BCUT2D eigenvalue weighted by atomic mass is 10.1. The SMILES string of the molecule is Cc1ccc(NN)cc1.Cc1ccc2[nH]cc(CCN(C)C)c2c1.Cl.